The molecule has 2 heterocycles. The Bertz CT molecular complexity index is 469. The van der Waals surface area contributed by atoms with Crippen LogP contribution >= 0.6 is 0 Å². The zero-order chi connectivity index (χ0) is 15.5. The number of aromatic nitrogens is 2. The van der Waals surface area contributed by atoms with E-state index in [1.165, 1.54) is 32.4 Å². The highest BCUT2D eigenvalue weighted by atomic mass is 16.4. The molecule has 5 heteroatoms. The van der Waals surface area contributed by atoms with E-state index in [1.54, 1.807) is 0 Å². The predicted octanol–water partition coefficient (Wildman–Crippen LogP) is 2.57. The normalized spacial score (nSPS) is 24.8. The molecule has 124 valence electrons. The number of hydrogen-bond donors (Lipinski definition) is 0. The van der Waals surface area contributed by atoms with E-state index in [0.717, 1.165) is 43.8 Å². The lowest BCUT2D eigenvalue weighted by Gasteiger charge is -2.34. The Labute approximate surface area is 134 Å². The molecule has 3 rings (SSSR count). The third-order valence-electron chi connectivity index (χ3n) is 4.96. The second-order valence-electron chi connectivity index (χ2n) is 7.28. The van der Waals surface area contributed by atoms with Gasteiger partial charge in [-0.25, -0.2) is 0 Å². The number of nitrogens with zero attached hydrogens (tertiary/aromatic N) is 4. The van der Waals surface area contributed by atoms with Crippen LogP contribution < -0.4 is 0 Å². The van der Waals surface area contributed by atoms with E-state index in [0.29, 0.717) is 12.0 Å². The van der Waals surface area contributed by atoms with Crippen molar-refractivity contribution in [3.8, 4) is 0 Å². The topological polar surface area (TPSA) is 45.4 Å². The summed E-state index contributed by atoms with van der Waals surface area (Å²) in [5.41, 5.74) is 0. The summed E-state index contributed by atoms with van der Waals surface area (Å²) in [6, 6.07) is 0.650. The lowest BCUT2D eigenvalue weighted by atomic mass is 10.0. The Balaban J connectivity index is 1.62. The monoisotopic (exact) mass is 306 g/mol. The Morgan fingerprint density at radius 2 is 1.95 bits per heavy atom. The van der Waals surface area contributed by atoms with Gasteiger partial charge < -0.3 is 4.42 Å². The van der Waals surface area contributed by atoms with Crippen molar-refractivity contribution >= 4 is 0 Å². The van der Waals surface area contributed by atoms with E-state index in [1.807, 2.05) is 6.92 Å². The quantitative estimate of drug-likeness (QED) is 0.808. The summed E-state index contributed by atoms with van der Waals surface area (Å²) in [6.45, 7) is 12.4. The molecule has 1 aliphatic carbocycles. The molecule has 1 aliphatic heterocycles. The van der Waals surface area contributed by atoms with Gasteiger partial charge >= 0.3 is 0 Å². The van der Waals surface area contributed by atoms with Crippen LogP contribution in [-0.4, -0.2) is 52.2 Å². The van der Waals surface area contributed by atoms with Gasteiger partial charge in [0.05, 0.1) is 6.54 Å². The summed E-state index contributed by atoms with van der Waals surface area (Å²) in [6.07, 6.45) is 4.93. The van der Waals surface area contributed by atoms with Gasteiger partial charge in [-0.2, -0.15) is 0 Å². The molecule has 0 aromatic carbocycles. The van der Waals surface area contributed by atoms with E-state index >= 15 is 0 Å². The Morgan fingerprint density at radius 3 is 2.59 bits per heavy atom. The molecular weight excluding hydrogens is 276 g/mol. The SMILES string of the molecule is CCc1nnc(CN2CCCN(CC3CC3)C(C(C)C)C2)o1. The van der Waals surface area contributed by atoms with Gasteiger partial charge in [0.15, 0.2) is 0 Å². The molecule has 0 spiro atoms. The first-order valence-electron chi connectivity index (χ1n) is 8.93. The fraction of sp³-hybridized carbons (Fsp3) is 0.882. The number of rotatable bonds is 6. The van der Waals surface area contributed by atoms with Gasteiger partial charge in [-0.3, -0.25) is 9.80 Å². The molecule has 1 aromatic rings. The molecule has 1 atom stereocenters. The Kier molecular flexibility index (Phi) is 5.14. The largest absolute Gasteiger partial charge is 0.424 e. The summed E-state index contributed by atoms with van der Waals surface area (Å²) in [4.78, 5) is 5.25. The van der Waals surface area contributed by atoms with E-state index < -0.39 is 0 Å². The van der Waals surface area contributed by atoms with Crippen molar-refractivity contribution in [1.29, 1.82) is 0 Å². The third kappa shape index (κ3) is 4.07. The fourth-order valence-corrected chi connectivity index (χ4v) is 3.46. The maximum atomic E-state index is 5.70. The predicted molar refractivity (Wildman–Crippen MR) is 86.5 cm³/mol. The van der Waals surface area contributed by atoms with E-state index in [4.69, 9.17) is 4.42 Å². The van der Waals surface area contributed by atoms with Gasteiger partial charge in [-0.1, -0.05) is 20.8 Å². The molecule has 1 saturated heterocycles. The van der Waals surface area contributed by atoms with E-state index in [9.17, 15) is 0 Å². The highest BCUT2D eigenvalue weighted by Crippen LogP contribution is 2.32. The van der Waals surface area contributed by atoms with Crippen molar-refractivity contribution in [3.05, 3.63) is 11.8 Å². The zero-order valence-corrected chi connectivity index (χ0v) is 14.3. The molecule has 0 radical (unpaired) electrons. The smallest absolute Gasteiger partial charge is 0.230 e. The molecule has 0 bridgehead atoms. The average molecular weight is 306 g/mol. The molecule has 1 aromatic heterocycles. The Hall–Kier alpha value is -0.940. The summed E-state index contributed by atoms with van der Waals surface area (Å²) in [5.74, 6) is 3.18. The first kappa shape index (κ1) is 15.9. The number of aryl methyl sites for hydroxylation is 1. The van der Waals surface area contributed by atoms with Crippen LogP contribution in [0.2, 0.25) is 0 Å². The van der Waals surface area contributed by atoms with Gasteiger partial charge in [0, 0.05) is 25.6 Å². The van der Waals surface area contributed by atoms with Crippen LogP contribution in [-0.2, 0) is 13.0 Å². The highest BCUT2D eigenvalue weighted by molar-refractivity contribution is 4.88. The van der Waals surface area contributed by atoms with Gasteiger partial charge in [0.25, 0.3) is 0 Å². The van der Waals surface area contributed by atoms with Crippen molar-refractivity contribution in [2.45, 2.75) is 59.0 Å². The standard InChI is InChI=1S/C17H30N4O/c1-4-16-18-19-17(22-16)12-20-8-5-9-21(10-14-6-7-14)15(11-20)13(2)3/h13-15H,4-12H2,1-3H3. The van der Waals surface area contributed by atoms with Crippen molar-refractivity contribution < 1.29 is 4.42 Å². The van der Waals surface area contributed by atoms with Crippen LogP contribution in [0.4, 0.5) is 0 Å². The van der Waals surface area contributed by atoms with Crippen molar-refractivity contribution in [2.24, 2.45) is 11.8 Å². The molecule has 5 nitrogen and oxygen atoms in total. The molecule has 0 amide bonds. The minimum Gasteiger partial charge on any atom is -0.424 e. The first-order chi connectivity index (χ1) is 10.7. The zero-order valence-electron chi connectivity index (χ0n) is 14.3. The second-order valence-corrected chi connectivity index (χ2v) is 7.28. The van der Waals surface area contributed by atoms with Crippen LogP contribution in [0.3, 0.4) is 0 Å². The summed E-state index contributed by atoms with van der Waals surface area (Å²) < 4.78 is 5.70. The lowest BCUT2D eigenvalue weighted by Crippen LogP contribution is -2.45. The van der Waals surface area contributed by atoms with Crippen LogP contribution in [0.1, 0.15) is 51.8 Å². The Morgan fingerprint density at radius 1 is 1.18 bits per heavy atom. The van der Waals surface area contributed by atoms with Crippen molar-refractivity contribution in [2.75, 3.05) is 26.2 Å². The van der Waals surface area contributed by atoms with Crippen LogP contribution in [0, 0.1) is 11.8 Å². The van der Waals surface area contributed by atoms with Crippen molar-refractivity contribution in [1.82, 2.24) is 20.0 Å². The molecule has 0 N–H and O–H groups in total. The maximum Gasteiger partial charge on any atom is 0.230 e. The van der Waals surface area contributed by atoms with Crippen LogP contribution in [0.25, 0.3) is 0 Å². The molecule has 22 heavy (non-hydrogen) atoms. The fourth-order valence-electron chi connectivity index (χ4n) is 3.46. The molecule has 2 fully saturated rings. The van der Waals surface area contributed by atoms with Gasteiger partial charge in [-0.15, -0.1) is 10.2 Å². The lowest BCUT2D eigenvalue weighted by molar-refractivity contribution is 0.128. The third-order valence-corrected chi connectivity index (χ3v) is 4.96. The summed E-state index contributed by atoms with van der Waals surface area (Å²) in [5, 5.41) is 8.27. The first-order valence-corrected chi connectivity index (χ1v) is 8.93. The van der Waals surface area contributed by atoms with Gasteiger partial charge in [0.1, 0.15) is 0 Å². The maximum absolute atomic E-state index is 5.70. The molecular formula is C17H30N4O. The van der Waals surface area contributed by atoms with Gasteiger partial charge in [-0.05, 0) is 44.2 Å². The molecule has 1 unspecified atom stereocenters. The minimum atomic E-state index is 0.650. The van der Waals surface area contributed by atoms with Gasteiger partial charge in [0.2, 0.25) is 11.8 Å². The van der Waals surface area contributed by atoms with E-state index in [2.05, 4.69) is 33.8 Å². The number of hydrogen-bond acceptors (Lipinski definition) is 5. The summed E-state index contributed by atoms with van der Waals surface area (Å²) in [7, 11) is 0. The highest BCUT2D eigenvalue weighted by Gasteiger charge is 2.32. The second kappa shape index (κ2) is 7.09. The van der Waals surface area contributed by atoms with E-state index in [-0.39, 0.29) is 0 Å². The average Bonchev–Trinajstić information content (AvgIpc) is 3.23. The minimum absolute atomic E-state index is 0.650. The van der Waals surface area contributed by atoms with Crippen molar-refractivity contribution in [3.63, 3.8) is 0 Å². The molecule has 2 aliphatic rings. The van der Waals surface area contributed by atoms with Crippen LogP contribution in [0.15, 0.2) is 4.42 Å². The molecule has 1 saturated carbocycles. The summed E-state index contributed by atoms with van der Waals surface area (Å²) >= 11 is 0. The van der Waals surface area contributed by atoms with Crippen LogP contribution in [0.5, 0.6) is 0 Å².